The summed E-state index contributed by atoms with van der Waals surface area (Å²) in [6, 6.07) is 1.12. The zero-order valence-electron chi connectivity index (χ0n) is 9.61. The van der Waals surface area contributed by atoms with Crippen LogP contribution in [0, 0.1) is 5.92 Å². The number of aromatic hydroxyl groups is 3. The predicted molar refractivity (Wildman–Crippen MR) is 64.8 cm³/mol. The van der Waals surface area contributed by atoms with Gasteiger partial charge in [-0.1, -0.05) is 0 Å². The van der Waals surface area contributed by atoms with E-state index in [1.807, 2.05) is 13.8 Å². The number of phenolic OH excluding ortho intramolecular Hbond substituents is 3. The Morgan fingerprint density at radius 3 is 2.38 bits per heavy atom. The van der Waals surface area contributed by atoms with E-state index in [1.54, 1.807) is 0 Å². The summed E-state index contributed by atoms with van der Waals surface area (Å²) in [7, 11) is 0. The molecule has 88 valence electrons. The number of Topliss-reactive ketones (excluding diaryl/α,β-unsaturated/α-hetero) is 1. The molecule has 0 aliphatic rings. The summed E-state index contributed by atoms with van der Waals surface area (Å²) < 4.78 is 0.386. The van der Waals surface area contributed by atoms with Gasteiger partial charge < -0.3 is 0 Å². The van der Waals surface area contributed by atoms with Crippen LogP contribution in [0.2, 0.25) is 0 Å². The summed E-state index contributed by atoms with van der Waals surface area (Å²) >= 11 is 0.0295. The van der Waals surface area contributed by atoms with Crippen LogP contribution in [0.5, 0.6) is 17.2 Å². The molecule has 0 atom stereocenters. The van der Waals surface area contributed by atoms with Gasteiger partial charge >= 0.3 is 102 Å². The molecule has 0 aliphatic heterocycles. The van der Waals surface area contributed by atoms with Crippen LogP contribution in [0.15, 0.2) is 6.07 Å². The average Bonchev–Trinajstić information content (AvgIpc) is 2.13. The fraction of sp³-hybridized carbons (Fsp3) is 0.364. The average molecular weight is 285 g/mol. The van der Waals surface area contributed by atoms with Crippen molar-refractivity contribution in [2.45, 2.75) is 20.3 Å². The van der Waals surface area contributed by atoms with Crippen LogP contribution in [0.25, 0.3) is 0 Å². The minimum atomic E-state index is -0.353. The molecule has 4 nitrogen and oxygen atoms in total. The van der Waals surface area contributed by atoms with E-state index in [4.69, 9.17) is 0 Å². The van der Waals surface area contributed by atoms with Crippen molar-refractivity contribution in [2.75, 3.05) is 0 Å². The molecule has 1 aromatic rings. The third kappa shape index (κ3) is 2.50. The zero-order valence-corrected chi connectivity index (χ0v) is 13.8. The molecule has 0 spiro atoms. The van der Waals surface area contributed by atoms with Crippen LogP contribution in [-0.4, -0.2) is 37.6 Å². The molecule has 0 saturated carbocycles. The summed E-state index contributed by atoms with van der Waals surface area (Å²) in [5.74, 6) is -0.898. The first-order valence-corrected chi connectivity index (χ1v) is 7.22. The number of phenols is 3. The molecule has 0 heterocycles. The quantitative estimate of drug-likeness (QED) is 0.540. The van der Waals surface area contributed by atoms with Crippen molar-refractivity contribution < 1.29 is 20.1 Å². The number of carbonyl (C=O) groups excluding carboxylic acids is 1. The Labute approximate surface area is 102 Å². The molecule has 0 fully saturated rings. The van der Waals surface area contributed by atoms with Gasteiger partial charge in [0.2, 0.25) is 0 Å². The molecule has 0 amide bonds. The van der Waals surface area contributed by atoms with Crippen LogP contribution in [-0.2, 0) is 0 Å². The molecule has 0 saturated heterocycles. The van der Waals surface area contributed by atoms with E-state index in [1.165, 1.54) is 0 Å². The molecule has 3 N–H and O–H groups in total. The van der Waals surface area contributed by atoms with Gasteiger partial charge in [0.1, 0.15) is 0 Å². The second-order valence-electron chi connectivity index (χ2n) is 4.28. The molecular formula is C11H16GeO4. The molecule has 1 aromatic carbocycles. The molecule has 1 rings (SSSR count). The normalized spacial score (nSPS) is 10.9. The third-order valence-corrected chi connectivity index (χ3v) is 4.45. The standard InChI is InChI=1S/C11H16GeO4/c1-5(2)3-6(13)9-7(14)4-8(15)10(12)11(9)16/h4-5,14-16H,3H2,1-2,12H3. The van der Waals surface area contributed by atoms with Gasteiger partial charge in [0, 0.05) is 0 Å². The minimum absolute atomic E-state index is 0.0295. The number of benzene rings is 1. The van der Waals surface area contributed by atoms with E-state index in [-0.39, 0.29) is 57.4 Å². The van der Waals surface area contributed by atoms with Gasteiger partial charge in [0.05, 0.1) is 0 Å². The zero-order chi connectivity index (χ0) is 12.5. The maximum absolute atomic E-state index is 11.8. The summed E-state index contributed by atoms with van der Waals surface area (Å²) in [5.41, 5.74) is -0.0605. The Bertz CT molecular complexity index is 426. The molecule has 16 heavy (non-hydrogen) atoms. The monoisotopic (exact) mass is 286 g/mol. The number of carbonyl (C=O) groups is 1. The summed E-state index contributed by atoms with van der Waals surface area (Å²) in [6.07, 6.45) is 0.262. The van der Waals surface area contributed by atoms with E-state index in [0.29, 0.717) is 4.40 Å². The number of rotatable bonds is 3. The van der Waals surface area contributed by atoms with Crippen molar-refractivity contribution in [1.29, 1.82) is 0 Å². The van der Waals surface area contributed by atoms with Crippen LogP contribution in [0.1, 0.15) is 30.6 Å². The van der Waals surface area contributed by atoms with Crippen LogP contribution >= 0.6 is 0 Å². The van der Waals surface area contributed by atoms with Crippen LogP contribution in [0.3, 0.4) is 0 Å². The third-order valence-electron chi connectivity index (χ3n) is 2.38. The van der Waals surface area contributed by atoms with Crippen molar-refractivity contribution in [3.8, 4) is 17.2 Å². The van der Waals surface area contributed by atoms with Gasteiger partial charge in [-0.2, -0.15) is 0 Å². The van der Waals surface area contributed by atoms with E-state index < -0.39 is 0 Å². The topological polar surface area (TPSA) is 77.8 Å². The van der Waals surface area contributed by atoms with Gasteiger partial charge in [-0.25, -0.2) is 0 Å². The number of hydrogen-bond donors (Lipinski definition) is 3. The van der Waals surface area contributed by atoms with Crippen molar-refractivity contribution in [2.24, 2.45) is 5.92 Å². The van der Waals surface area contributed by atoms with E-state index in [0.717, 1.165) is 6.07 Å². The Kier molecular flexibility index (Phi) is 3.85. The van der Waals surface area contributed by atoms with Gasteiger partial charge in [0.15, 0.2) is 0 Å². The predicted octanol–water partition coefficient (Wildman–Crippen LogP) is 0.0229. The van der Waals surface area contributed by atoms with E-state index >= 15 is 0 Å². The van der Waals surface area contributed by atoms with Gasteiger partial charge in [-0.3, -0.25) is 0 Å². The fourth-order valence-electron chi connectivity index (χ4n) is 1.49. The molecule has 0 aromatic heterocycles. The van der Waals surface area contributed by atoms with Gasteiger partial charge in [-0.05, 0) is 0 Å². The van der Waals surface area contributed by atoms with E-state index in [9.17, 15) is 20.1 Å². The first-order valence-electron chi connectivity index (χ1n) is 5.12. The Morgan fingerprint density at radius 1 is 1.31 bits per heavy atom. The summed E-state index contributed by atoms with van der Waals surface area (Å²) in [5, 5.41) is 28.7. The summed E-state index contributed by atoms with van der Waals surface area (Å²) in [4.78, 5) is 11.8. The van der Waals surface area contributed by atoms with Crippen molar-refractivity contribution in [3.63, 3.8) is 0 Å². The van der Waals surface area contributed by atoms with Crippen LogP contribution < -0.4 is 4.40 Å². The summed E-state index contributed by atoms with van der Waals surface area (Å²) in [6.45, 7) is 3.77. The fourth-order valence-corrected chi connectivity index (χ4v) is 2.32. The van der Waals surface area contributed by atoms with Gasteiger partial charge in [0.25, 0.3) is 0 Å². The Morgan fingerprint density at radius 2 is 1.88 bits per heavy atom. The Balaban J connectivity index is 3.24. The molecule has 0 radical (unpaired) electrons. The SMILES string of the molecule is CC(C)CC(=O)c1c(O)cc(O)[c]([GeH3])c1O. The molecule has 0 unspecified atom stereocenters. The molecule has 0 aliphatic carbocycles. The van der Waals surface area contributed by atoms with Crippen molar-refractivity contribution in [1.82, 2.24) is 0 Å². The van der Waals surface area contributed by atoms with Crippen molar-refractivity contribution >= 4 is 26.7 Å². The Hall–Kier alpha value is -1.17. The maximum atomic E-state index is 11.8. The van der Waals surface area contributed by atoms with Crippen LogP contribution in [0.4, 0.5) is 0 Å². The molecule has 0 bridgehead atoms. The number of ketones is 1. The van der Waals surface area contributed by atoms with Gasteiger partial charge in [-0.15, -0.1) is 0 Å². The first-order chi connectivity index (χ1) is 7.34. The molecule has 5 heteroatoms. The second-order valence-corrected chi connectivity index (χ2v) is 6.38. The molecular weight excluding hydrogens is 269 g/mol. The number of hydrogen-bond acceptors (Lipinski definition) is 4. The first kappa shape index (κ1) is 12.9. The second kappa shape index (κ2) is 4.78. The van der Waals surface area contributed by atoms with E-state index in [2.05, 4.69) is 0 Å². The van der Waals surface area contributed by atoms with Crippen molar-refractivity contribution in [3.05, 3.63) is 11.6 Å².